The number of amides is 1. The monoisotopic (exact) mass is 210 g/mol. The average Bonchev–Trinajstić information content (AvgIpc) is 2.27. The molecule has 1 amide bonds. The number of rotatable bonds is 5. The fraction of sp³-hybridized carbons (Fsp3) is 0.400. The van der Waals surface area contributed by atoms with Gasteiger partial charge >= 0.3 is 0 Å². The lowest BCUT2D eigenvalue weighted by atomic mass is 10.2. The summed E-state index contributed by atoms with van der Waals surface area (Å²) in [4.78, 5) is 15.0. The van der Waals surface area contributed by atoms with Crippen LogP contribution in [0.25, 0.3) is 0 Å². The first-order chi connectivity index (χ1) is 7.26. The predicted molar refractivity (Wildman–Crippen MR) is 54.5 cm³/mol. The van der Waals surface area contributed by atoms with Crippen molar-refractivity contribution in [3.8, 4) is 5.88 Å². The number of hydrogen-bond donors (Lipinski definition) is 1. The first kappa shape index (κ1) is 11.5. The molecule has 1 rings (SSSR count). The zero-order valence-electron chi connectivity index (χ0n) is 8.82. The van der Waals surface area contributed by atoms with E-state index in [1.54, 1.807) is 19.4 Å². The normalized spacial score (nSPS) is 9.73. The van der Waals surface area contributed by atoms with Crippen molar-refractivity contribution in [1.82, 2.24) is 10.3 Å². The molecule has 1 aromatic rings. The maximum Gasteiger partial charge on any atom is 0.246 e. The van der Waals surface area contributed by atoms with Crippen molar-refractivity contribution >= 4 is 5.91 Å². The third-order valence-electron chi connectivity index (χ3n) is 1.77. The summed E-state index contributed by atoms with van der Waals surface area (Å²) in [5, 5.41) is 2.70. The molecule has 1 aromatic heterocycles. The lowest BCUT2D eigenvalue weighted by Crippen LogP contribution is -2.26. The Balaban J connectivity index is 2.46. The third kappa shape index (κ3) is 3.95. The van der Waals surface area contributed by atoms with E-state index >= 15 is 0 Å². The Morgan fingerprint density at radius 1 is 1.53 bits per heavy atom. The van der Waals surface area contributed by atoms with Gasteiger partial charge in [0.2, 0.25) is 11.8 Å². The number of ether oxygens (including phenoxy) is 2. The minimum atomic E-state index is -0.145. The molecule has 0 atom stereocenters. The molecule has 82 valence electrons. The molecule has 0 saturated carbocycles. The predicted octanol–water partition coefficient (Wildman–Crippen LogP) is 0.353. The van der Waals surface area contributed by atoms with Gasteiger partial charge < -0.3 is 14.8 Å². The number of nitrogens with zero attached hydrogens (tertiary/aromatic N) is 1. The second-order valence-corrected chi connectivity index (χ2v) is 2.92. The summed E-state index contributed by atoms with van der Waals surface area (Å²) in [6, 6.07) is 3.59. The van der Waals surface area contributed by atoms with Crippen molar-refractivity contribution in [3.05, 3.63) is 23.9 Å². The highest BCUT2D eigenvalue weighted by Gasteiger charge is 2.01. The van der Waals surface area contributed by atoms with Crippen LogP contribution in [0.1, 0.15) is 5.56 Å². The van der Waals surface area contributed by atoms with Crippen LogP contribution in [0.2, 0.25) is 0 Å². The van der Waals surface area contributed by atoms with E-state index < -0.39 is 0 Å². The van der Waals surface area contributed by atoms with E-state index in [9.17, 15) is 4.79 Å². The van der Waals surface area contributed by atoms with Crippen molar-refractivity contribution in [2.75, 3.05) is 20.8 Å². The average molecular weight is 210 g/mol. The summed E-state index contributed by atoms with van der Waals surface area (Å²) >= 11 is 0. The molecule has 0 aliphatic carbocycles. The summed E-state index contributed by atoms with van der Waals surface area (Å²) in [6.45, 7) is 0.517. The van der Waals surface area contributed by atoms with Gasteiger partial charge in [0.15, 0.2) is 0 Å². The van der Waals surface area contributed by atoms with Gasteiger partial charge in [-0.3, -0.25) is 4.79 Å². The quantitative estimate of drug-likeness (QED) is 0.762. The fourth-order valence-electron chi connectivity index (χ4n) is 1.05. The standard InChI is InChI=1S/C10H14N2O3/c1-14-7-9(13)12-6-8-3-4-11-10(5-8)15-2/h3-5H,6-7H2,1-2H3,(H,12,13). The molecule has 1 heterocycles. The van der Waals surface area contributed by atoms with Crippen LogP contribution >= 0.6 is 0 Å². The first-order valence-electron chi connectivity index (χ1n) is 4.51. The van der Waals surface area contributed by atoms with E-state index in [0.29, 0.717) is 12.4 Å². The lowest BCUT2D eigenvalue weighted by Gasteiger charge is -2.05. The fourth-order valence-corrected chi connectivity index (χ4v) is 1.05. The van der Waals surface area contributed by atoms with Crippen molar-refractivity contribution in [3.63, 3.8) is 0 Å². The van der Waals surface area contributed by atoms with Gasteiger partial charge in [0.05, 0.1) is 7.11 Å². The van der Waals surface area contributed by atoms with Gasteiger partial charge in [0.25, 0.3) is 0 Å². The molecule has 0 unspecified atom stereocenters. The van der Waals surface area contributed by atoms with Crippen molar-refractivity contribution in [1.29, 1.82) is 0 Å². The van der Waals surface area contributed by atoms with Gasteiger partial charge in [-0.25, -0.2) is 4.98 Å². The minimum absolute atomic E-state index is 0.0716. The van der Waals surface area contributed by atoms with Gasteiger partial charge in [0, 0.05) is 25.9 Å². The van der Waals surface area contributed by atoms with Crippen LogP contribution in [-0.4, -0.2) is 31.7 Å². The largest absolute Gasteiger partial charge is 0.481 e. The second kappa shape index (κ2) is 5.98. The Morgan fingerprint density at radius 3 is 3.00 bits per heavy atom. The zero-order chi connectivity index (χ0) is 11.1. The molecule has 5 nitrogen and oxygen atoms in total. The highest BCUT2D eigenvalue weighted by atomic mass is 16.5. The molecule has 1 N–H and O–H groups in total. The maximum atomic E-state index is 11.1. The molecule has 0 aromatic carbocycles. The highest BCUT2D eigenvalue weighted by Crippen LogP contribution is 2.07. The molecule has 0 saturated heterocycles. The van der Waals surface area contributed by atoms with E-state index in [-0.39, 0.29) is 12.5 Å². The number of aromatic nitrogens is 1. The molecular formula is C10H14N2O3. The Hall–Kier alpha value is -1.62. The molecule has 0 radical (unpaired) electrons. The molecule has 15 heavy (non-hydrogen) atoms. The van der Waals surface area contributed by atoms with Crippen molar-refractivity contribution < 1.29 is 14.3 Å². The summed E-state index contributed by atoms with van der Waals surface area (Å²) in [5.41, 5.74) is 0.936. The van der Waals surface area contributed by atoms with E-state index in [4.69, 9.17) is 4.74 Å². The van der Waals surface area contributed by atoms with Gasteiger partial charge in [-0.1, -0.05) is 0 Å². The summed E-state index contributed by atoms with van der Waals surface area (Å²) in [7, 11) is 3.03. The van der Waals surface area contributed by atoms with Gasteiger partial charge in [0.1, 0.15) is 6.61 Å². The summed E-state index contributed by atoms with van der Waals surface area (Å²) in [6.07, 6.45) is 1.64. The minimum Gasteiger partial charge on any atom is -0.481 e. The van der Waals surface area contributed by atoms with E-state index in [0.717, 1.165) is 5.56 Å². The van der Waals surface area contributed by atoms with E-state index in [1.807, 2.05) is 6.07 Å². The van der Waals surface area contributed by atoms with Crippen LogP contribution in [0.5, 0.6) is 5.88 Å². The SMILES string of the molecule is COCC(=O)NCc1ccnc(OC)c1. The number of nitrogens with one attached hydrogen (secondary N) is 1. The van der Waals surface area contributed by atoms with Crippen molar-refractivity contribution in [2.45, 2.75) is 6.54 Å². The van der Waals surface area contributed by atoms with Gasteiger partial charge in [-0.2, -0.15) is 0 Å². The van der Waals surface area contributed by atoms with Gasteiger partial charge in [-0.05, 0) is 11.6 Å². The second-order valence-electron chi connectivity index (χ2n) is 2.92. The Bertz CT molecular complexity index is 328. The Morgan fingerprint density at radius 2 is 2.33 bits per heavy atom. The van der Waals surface area contributed by atoms with Crippen LogP contribution in [0.4, 0.5) is 0 Å². The number of methoxy groups -OCH3 is 2. The van der Waals surface area contributed by atoms with Crippen LogP contribution in [-0.2, 0) is 16.1 Å². The number of pyridine rings is 1. The van der Waals surface area contributed by atoms with E-state index in [2.05, 4.69) is 15.0 Å². The van der Waals surface area contributed by atoms with Crippen molar-refractivity contribution in [2.24, 2.45) is 0 Å². The first-order valence-corrected chi connectivity index (χ1v) is 4.51. The molecule has 5 heteroatoms. The van der Waals surface area contributed by atoms with Crippen LogP contribution in [0.15, 0.2) is 18.3 Å². The van der Waals surface area contributed by atoms with Crippen LogP contribution in [0, 0.1) is 0 Å². The van der Waals surface area contributed by atoms with Gasteiger partial charge in [-0.15, -0.1) is 0 Å². The number of carbonyl (C=O) groups excluding carboxylic acids is 1. The lowest BCUT2D eigenvalue weighted by molar-refractivity contribution is -0.124. The Labute approximate surface area is 88.4 Å². The molecular weight excluding hydrogens is 196 g/mol. The molecule has 0 bridgehead atoms. The Kier molecular flexibility index (Phi) is 4.56. The molecule has 0 spiro atoms. The smallest absolute Gasteiger partial charge is 0.246 e. The van der Waals surface area contributed by atoms with Crippen LogP contribution in [0.3, 0.4) is 0 Å². The van der Waals surface area contributed by atoms with Crippen LogP contribution < -0.4 is 10.1 Å². The summed E-state index contributed by atoms with van der Waals surface area (Å²) in [5.74, 6) is 0.391. The molecule has 0 fully saturated rings. The summed E-state index contributed by atoms with van der Waals surface area (Å²) < 4.78 is 9.65. The highest BCUT2D eigenvalue weighted by molar-refractivity contribution is 5.77. The topological polar surface area (TPSA) is 60.5 Å². The number of hydrogen-bond acceptors (Lipinski definition) is 4. The molecule has 0 aliphatic rings. The third-order valence-corrected chi connectivity index (χ3v) is 1.77. The van der Waals surface area contributed by atoms with E-state index in [1.165, 1.54) is 7.11 Å². The number of carbonyl (C=O) groups is 1. The zero-order valence-corrected chi connectivity index (χ0v) is 8.82. The maximum absolute atomic E-state index is 11.1. The molecule has 0 aliphatic heterocycles.